The lowest BCUT2D eigenvalue weighted by atomic mass is 9.99. The van der Waals surface area contributed by atoms with Crippen LogP contribution in [0.3, 0.4) is 0 Å². The van der Waals surface area contributed by atoms with Crippen LogP contribution in [0, 0.1) is 11.6 Å². The molecule has 0 aliphatic carbocycles. The average Bonchev–Trinajstić information content (AvgIpc) is 2.43. The van der Waals surface area contributed by atoms with Gasteiger partial charge in [0.2, 0.25) is 0 Å². The summed E-state index contributed by atoms with van der Waals surface area (Å²) >= 11 is 5.88. The van der Waals surface area contributed by atoms with Gasteiger partial charge in [0.15, 0.2) is 11.6 Å². The molecule has 0 heterocycles. The molecule has 1 atom stereocenters. The third kappa shape index (κ3) is 3.08. The fourth-order valence-electron chi connectivity index (χ4n) is 1.97. The van der Waals surface area contributed by atoms with Crippen molar-refractivity contribution in [2.75, 3.05) is 7.11 Å². The highest BCUT2D eigenvalue weighted by Gasteiger charge is 2.14. The number of nitrogens with two attached hydrogens (primary N) is 1. The summed E-state index contributed by atoms with van der Waals surface area (Å²) in [4.78, 5) is 0. The van der Waals surface area contributed by atoms with E-state index in [1.54, 1.807) is 18.2 Å². The molecule has 2 aromatic rings. The van der Waals surface area contributed by atoms with E-state index in [1.165, 1.54) is 25.3 Å². The van der Waals surface area contributed by atoms with Crippen LogP contribution < -0.4 is 10.5 Å². The van der Waals surface area contributed by atoms with Crippen molar-refractivity contribution < 1.29 is 13.5 Å². The highest BCUT2D eigenvalue weighted by atomic mass is 35.5. The van der Waals surface area contributed by atoms with Crippen molar-refractivity contribution in [3.8, 4) is 5.75 Å². The molecule has 106 valence electrons. The van der Waals surface area contributed by atoms with Crippen LogP contribution in [0.15, 0.2) is 36.4 Å². The van der Waals surface area contributed by atoms with Crippen LogP contribution in [-0.4, -0.2) is 7.11 Å². The van der Waals surface area contributed by atoms with Gasteiger partial charge in [0.25, 0.3) is 0 Å². The minimum Gasteiger partial charge on any atom is -0.494 e. The number of hydrogen-bond donors (Lipinski definition) is 1. The van der Waals surface area contributed by atoms with Gasteiger partial charge in [-0.05, 0) is 35.7 Å². The van der Waals surface area contributed by atoms with Gasteiger partial charge in [-0.1, -0.05) is 29.8 Å². The quantitative estimate of drug-likeness (QED) is 0.930. The van der Waals surface area contributed by atoms with E-state index in [0.29, 0.717) is 17.5 Å². The summed E-state index contributed by atoms with van der Waals surface area (Å²) in [6.07, 6.45) is 0.322. The second kappa shape index (κ2) is 6.20. The monoisotopic (exact) mass is 297 g/mol. The molecule has 0 spiro atoms. The largest absolute Gasteiger partial charge is 0.494 e. The molecule has 2 aromatic carbocycles. The van der Waals surface area contributed by atoms with Gasteiger partial charge in [-0.25, -0.2) is 8.78 Å². The van der Waals surface area contributed by atoms with Crippen molar-refractivity contribution in [1.82, 2.24) is 0 Å². The van der Waals surface area contributed by atoms with Crippen LogP contribution in [0.2, 0.25) is 5.02 Å². The van der Waals surface area contributed by atoms with Crippen molar-refractivity contribution in [3.63, 3.8) is 0 Å². The lowest BCUT2D eigenvalue weighted by Crippen LogP contribution is -2.14. The summed E-state index contributed by atoms with van der Waals surface area (Å²) in [6.45, 7) is 0. The molecule has 0 saturated carbocycles. The molecule has 0 fully saturated rings. The fraction of sp³-hybridized carbons (Fsp3) is 0.200. The molecule has 0 aliphatic heterocycles. The Bertz CT molecular complexity index is 619. The molecule has 2 nitrogen and oxygen atoms in total. The smallest absolute Gasteiger partial charge is 0.165 e. The molecule has 0 amide bonds. The molecule has 5 heteroatoms. The Hall–Kier alpha value is -1.65. The maximum Gasteiger partial charge on any atom is 0.165 e. The van der Waals surface area contributed by atoms with E-state index in [2.05, 4.69) is 0 Å². The summed E-state index contributed by atoms with van der Waals surface area (Å²) in [5.74, 6) is -0.812. The van der Waals surface area contributed by atoms with Crippen molar-refractivity contribution in [3.05, 3.63) is 64.2 Å². The normalized spacial score (nSPS) is 12.2. The molecule has 0 radical (unpaired) electrons. The van der Waals surface area contributed by atoms with E-state index in [0.717, 1.165) is 0 Å². The summed E-state index contributed by atoms with van der Waals surface area (Å²) in [6, 6.07) is 8.58. The van der Waals surface area contributed by atoms with Crippen molar-refractivity contribution in [1.29, 1.82) is 0 Å². The van der Waals surface area contributed by atoms with Crippen LogP contribution in [0.1, 0.15) is 17.2 Å². The molecule has 2 rings (SSSR count). The fourth-order valence-corrected chi connectivity index (χ4v) is 2.18. The Kier molecular flexibility index (Phi) is 4.57. The summed E-state index contributed by atoms with van der Waals surface area (Å²) in [7, 11) is 1.39. The Labute approximate surface area is 121 Å². The molecule has 0 aromatic heterocycles. The van der Waals surface area contributed by atoms with Gasteiger partial charge in [-0.3, -0.25) is 0 Å². The van der Waals surface area contributed by atoms with Gasteiger partial charge in [0, 0.05) is 6.04 Å². The Morgan fingerprint density at radius 1 is 1.20 bits per heavy atom. The number of rotatable bonds is 4. The lowest BCUT2D eigenvalue weighted by molar-refractivity contribution is 0.386. The van der Waals surface area contributed by atoms with Gasteiger partial charge >= 0.3 is 0 Å². The first-order valence-electron chi connectivity index (χ1n) is 6.05. The zero-order valence-corrected chi connectivity index (χ0v) is 11.6. The SMILES string of the molecule is COc1ccc(C(N)Cc2cccc(F)c2Cl)cc1F. The number of hydrogen-bond acceptors (Lipinski definition) is 2. The number of methoxy groups -OCH3 is 1. The molecule has 20 heavy (non-hydrogen) atoms. The predicted octanol–water partition coefficient (Wildman–Crippen LogP) is 3.87. The third-order valence-electron chi connectivity index (χ3n) is 3.08. The highest BCUT2D eigenvalue weighted by Crippen LogP contribution is 2.26. The standard InChI is InChI=1S/C15H14ClF2NO/c1-20-14-6-5-9(7-12(14)18)13(19)8-10-3-2-4-11(17)15(10)16/h2-7,13H,8,19H2,1H3. The molecular weight excluding hydrogens is 284 g/mol. The molecule has 1 unspecified atom stereocenters. The first-order chi connectivity index (χ1) is 9.52. The van der Waals surface area contributed by atoms with E-state index in [4.69, 9.17) is 22.1 Å². The van der Waals surface area contributed by atoms with E-state index < -0.39 is 17.7 Å². The van der Waals surface area contributed by atoms with E-state index in [9.17, 15) is 8.78 Å². The average molecular weight is 298 g/mol. The Morgan fingerprint density at radius 3 is 2.60 bits per heavy atom. The molecule has 0 bridgehead atoms. The predicted molar refractivity (Wildman–Crippen MR) is 75.0 cm³/mol. The van der Waals surface area contributed by atoms with Gasteiger partial charge in [-0.15, -0.1) is 0 Å². The van der Waals surface area contributed by atoms with Crippen LogP contribution in [0.25, 0.3) is 0 Å². The second-order valence-electron chi connectivity index (χ2n) is 4.42. The lowest BCUT2D eigenvalue weighted by Gasteiger charge is -2.14. The summed E-state index contributed by atoms with van der Waals surface area (Å²) < 4.78 is 31.8. The molecular formula is C15H14ClF2NO. The van der Waals surface area contributed by atoms with Gasteiger partial charge in [0.1, 0.15) is 5.82 Å². The number of benzene rings is 2. The van der Waals surface area contributed by atoms with Crippen LogP contribution >= 0.6 is 11.6 Å². The molecule has 0 aliphatic rings. The van der Waals surface area contributed by atoms with E-state index in [1.807, 2.05) is 0 Å². The molecule has 2 N–H and O–H groups in total. The minimum absolute atomic E-state index is 0.0527. The number of halogens is 3. The van der Waals surface area contributed by atoms with Crippen LogP contribution in [0.4, 0.5) is 8.78 Å². The Morgan fingerprint density at radius 2 is 1.95 bits per heavy atom. The van der Waals surface area contributed by atoms with Crippen molar-refractivity contribution >= 4 is 11.6 Å². The van der Waals surface area contributed by atoms with Gasteiger partial charge < -0.3 is 10.5 Å². The maximum absolute atomic E-state index is 13.6. The van der Waals surface area contributed by atoms with Gasteiger partial charge in [0.05, 0.1) is 12.1 Å². The topological polar surface area (TPSA) is 35.2 Å². The van der Waals surface area contributed by atoms with Gasteiger partial charge in [-0.2, -0.15) is 0 Å². The third-order valence-corrected chi connectivity index (χ3v) is 3.50. The van der Waals surface area contributed by atoms with Crippen LogP contribution in [-0.2, 0) is 6.42 Å². The second-order valence-corrected chi connectivity index (χ2v) is 4.80. The summed E-state index contributed by atoms with van der Waals surface area (Å²) in [5, 5.41) is 0.0527. The van der Waals surface area contributed by atoms with Crippen molar-refractivity contribution in [2.24, 2.45) is 5.73 Å². The maximum atomic E-state index is 13.6. The van der Waals surface area contributed by atoms with E-state index >= 15 is 0 Å². The molecule has 0 saturated heterocycles. The van der Waals surface area contributed by atoms with E-state index in [-0.39, 0.29) is 10.8 Å². The zero-order chi connectivity index (χ0) is 14.7. The highest BCUT2D eigenvalue weighted by molar-refractivity contribution is 6.31. The Balaban J connectivity index is 2.21. The zero-order valence-electron chi connectivity index (χ0n) is 10.9. The first-order valence-corrected chi connectivity index (χ1v) is 6.42. The minimum atomic E-state index is -0.489. The summed E-state index contributed by atoms with van der Waals surface area (Å²) in [5.41, 5.74) is 7.21. The number of ether oxygens (including phenoxy) is 1. The van der Waals surface area contributed by atoms with Crippen molar-refractivity contribution in [2.45, 2.75) is 12.5 Å². The van der Waals surface area contributed by atoms with Crippen LogP contribution in [0.5, 0.6) is 5.75 Å². The first kappa shape index (κ1) is 14.8.